The van der Waals surface area contributed by atoms with Gasteiger partial charge in [0.1, 0.15) is 6.54 Å². The van der Waals surface area contributed by atoms with Gasteiger partial charge in [0.05, 0.1) is 18.1 Å². The second kappa shape index (κ2) is 9.50. The summed E-state index contributed by atoms with van der Waals surface area (Å²) in [4.78, 5) is 25.7. The van der Waals surface area contributed by atoms with Crippen LogP contribution < -0.4 is 0 Å². The van der Waals surface area contributed by atoms with Gasteiger partial charge in [-0.2, -0.15) is 0 Å². The van der Waals surface area contributed by atoms with Crippen LogP contribution in [0.2, 0.25) is 0 Å². The van der Waals surface area contributed by atoms with Gasteiger partial charge in [-0.15, -0.1) is 0 Å². The molecule has 0 fully saturated rings. The third-order valence-corrected chi connectivity index (χ3v) is 5.15. The predicted octanol–water partition coefficient (Wildman–Crippen LogP) is 0.589. The fourth-order valence-corrected chi connectivity index (χ4v) is 2.95. The summed E-state index contributed by atoms with van der Waals surface area (Å²) >= 11 is 0. The summed E-state index contributed by atoms with van der Waals surface area (Å²) in [5.74, 6) is -1.01. The number of methoxy groups -OCH3 is 1. The van der Waals surface area contributed by atoms with Crippen LogP contribution in [0.25, 0.3) is 0 Å². The molecular weight excluding hydrogens is 348 g/mol. The van der Waals surface area contributed by atoms with Gasteiger partial charge in [-0.05, 0) is 25.1 Å². The number of benzene rings is 1. The summed E-state index contributed by atoms with van der Waals surface area (Å²) in [5, 5.41) is 0. The summed E-state index contributed by atoms with van der Waals surface area (Å²) in [7, 11) is 0.647. The van der Waals surface area contributed by atoms with E-state index in [4.69, 9.17) is 9.47 Å². The van der Waals surface area contributed by atoms with Crippen LogP contribution in [0, 0.1) is 0 Å². The van der Waals surface area contributed by atoms with Crippen LogP contribution in [-0.4, -0.2) is 77.0 Å². The molecule has 1 aromatic carbocycles. The zero-order chi connectivity index (χ0) is 19.0. The monoisotopic (exact) mass is 372 g/mol. The normalized spacial score (nSPS) is 11.4. The van der Waals surface area contributed by atoms with E-state index in [1.165, 1.54) is 50.4 Å². The highest BCUT2D eigenvalue weighted by molar-refractivity contribution is 7.89. The largest absolute Gasteiger partial charge is 0.465 e. The smallest absolute Gasteiger partial charge is 0.325 e. The molecular formula is C16H24N2O6S. The minimum absolute atomic E-state index is 0.00572. The number of sulfonamides is 1. The molecule has 0 aliphatic rings. The molecule has 140 valence electrons. The Morgan fingerprint density at radius 2 is 1.88 bits per heavy atom. The summed E-state index contributed by atoms with van der Waals surface area (Å²) in [6.07, 6.45) is 0. The van der Waals surface area contributed by atoms with Crippen molar-refractivity contribution in [3.05, 3.63) is 29.8 Å². The van der Waals surface area contributed by atoms with E-state index in [1.807, 2.05) is 0 Å². The van der Waals surface area contributed by atoms with Crippen molar-refractivity contribution >= 4 is 21.9 Å². The van der Waals surface area contributed by atoms with Crippen LogP contribution in [0.15, 0.2) is 29.2 Å². The maximum Gasteiger partial charge on any atom is 0.325 e. The second-order valence-corrected chi connectivity index (χ2v) is 7.49. The molecule has 0 aliphatic heterocycles. The van der Waals surface area contributed by atoms with Crippen LogP contribution in [0.4, 0.5) is 0 Å². The Labute approximate surface area is 148 Å². The highest BCUT2D eigenvalue weighted by Crippen LogP contribution is 2.16. The Morgan fingerprint density at radius 3 is 2.44 bits per heavy atom. The molecule has 0 bridgehead atoms. The van der Waals surface area contributed by atoms with E-state index in [9.17, 15) is 18.0 Å². The average Bonchev–Trinajstić information content (AvgIpc) is 2.58. The summed E-state index contributed by atoms with van der Waals surface area (Å²) < 4.78 is 35.3. The minimum atomic E-state index is -3.66. The molecule has 0 radical (unpaired) electrons. The SMILES string of the molecule is CCOC(=O)CN(CCOC)C(=O)c1cccc(S(=O)(=O)N(C)C)c1. The number of hydrogen-bond donors (Lipinski definition) is 0. The minimum Gasteiger partial charge on any atom is -0.465 e. The van der Waals surface area contributed by atoms with Crippen LogP contribution in [-0.2, 0) is 24.3 Å². The van der Waals surface area contributed by atoms with Gasteiger partial charge in [0.15, 0.2) is 0 Å². The fraction of sp³-hybridized carbons (Fsp3) is 0.500. The van der Waals surface area contributed by atoms with Crippen LogP contribution in [0.3, 0.4) is 0 Å². The highest BCUT2D eigenvalue weighted by Gasteiger charge is 2.22. The Hall–Kier alpha value is -1.97. The molecule has 0 aliphatic carbocycles. The molecule has 0 saturated heterocycles. The first kappa shape index (κ1) is 21.1. The van der Waals surface area contributed by atoms with E-state index < -0.39 is 21.9 Å². The number of hydrogen-bond acceptors (Lipinski definition) is 6. The average molecular weight is 372 g/mol. The lowest BCUT2D eigenvalue weighted by atomic mass is 10.2. The second-order valence-electron chi connectivity index (χ2n) is 5.34. The number of nitrogens with zero attached hydrogens (tertiary/aromatic N) is 2. The van der Waals surface area contributed by atoms with E-state index in [0.29, 0.717) is 0 Å². The van der Waals surface area contributed by atoms with Gasteiger partial charge in [-0.25, -0.2) is 12.7 Å². The summed E-state index contributed by atoms with van der Waals surface area (Å²) in [6, 6.07) is 5.70. The molecule has 8 nitrogen and oxygen atoms in total. The van der Waals surface area contributed by atoms with E-state index >= 15 is 0 Å². The van der Waals surface area contributed by atoms with Crippen molar-refractivity contribution in [1.29, 1.82) is 0 Å². The first-order valence-corrected chi connectivity index (χ1v) is 9.14. The molecule has 1 rings (SSSR count). The number of esters is 1. The van der Waals surface area contributed by atoms with Crippen molar-refractivity contribution in [2.75, 3.05) is 47.5 Å². The van der Waals surface area contributed by atoms with Gasteiger partial charge in [0.25, 0.3) is 5.91 Å². The fourth-order valence-electron chi connectivity index (χ4n) is 2.00. The Morgan fingerprint density at radius 1 is 1.20 bits per heavy atom. The summed E-state index contributed by atoms with van der Waals surface area (Å²) in [6.45, 7) is 2.07. The van der Waals surface area contributed by atoms with Gasteiger partial charge >= 0.3 is 5.97 Å². The van der Waals surface area contributed by atoms with Crippen LogP contribution in [0.5, 0.6) is 0 Å². The first-order chi connectivity index (χ1) is 11.7. The van der Waals surface area contributed by atoms with Crippen molar-refractivity contribution in [3.63, 3.8) is 0 Å². The molecule has 0 spiro atoms. The van der Waals surface area contributed by atoms with Gasteiger partial charge in [0.2, 0.25) is 10.0 Å². The van der Waals surface area contributed by atoms with Gasteiger partial charge < -0.3 is 14.4 Å². The lowest BCUT2D eigenvalue weighted by Crippen LogP contribution is -2.38. The molecule has 0 aromatic heterocycles. The molecule has 9 heteroatoms. The molecule has 0 atom stereocenters. The highest BCUT2D eigenvalue weighted by atomic mass is 32.2. The molecule has 0 N–H and O–H groups in total. The van der Waals surface area contributed by atoms with Gasteiger partial charge in [-0.1, -0.05) is 6.07 Å². The zero-order valence-electron chi connectivity index (χ0n) is 14.9. The molecule has 1 aromatic rings. The van der Waals surface area contributed by atoms with Crippen LogP contribution >= 0.6 is 0 Å². The zero-order valence-corrected chi connectivity index (χ0v) is 15.7. The number of carbonyl (C=O) groups excluding carboxylic acids is 2. The molecule has 0 heterocycles. The van der Waals surface area contributed by atoms with Crippen molar-refractivity contribution in [3.8, 4) is 0 Å². The summed E-state index contributed by atoms with van der Waals surface area (Å²) in [5.41, 5.74) is 0.170. The maximum atomic E-state index is 12.7. The number of carbonyl (C=O) groups is 2. The number of rotatable bonds is 9. The van der Waals surface area contributed by atoms with Crippen molar-refractivity contribution in [2.45, 2.75) is 11.8 Å². The quantitative estimate of drug-likeness (QED) is 0.589. The molecule has 0 unspecified atom stereocenters. The Balaban J connectivity index is 3.09. The lowest BCUT2D eigenvalue weighted by molar-refractivity contribution is -0.143. The molecule has 0 saturated carbocycles. The lowest BCUT2D eigenvalue weighted by Gasteiger charge is -2.22. The van der Waals surface area contributed by atoms with Crippen molar-refractivity contribution < 1.29 is 27.5 Å². The third-order valence-electron chi connectivity index (χ3n) is 3.34. The Kier molecular flexibility index (Phi) is 8.01. The third kappa shape index (κ3) is 5.80. The predicted molar refractivity (Wildman–Crippen MR) is 91.7 cm³/mol. The van der Waals surface area contributed by atoms with Crippen molar-refractivity contribution in [1.82, 2.24) is 9.21 Å². The van der Waals surface area contributed by atoms with E-state index in [-0.39, 0.29) is 36.8 Å². The number of amides is 1. The standard InChI is InChI=1S/C16H24N2O6S/c1-5-24-15(19)12-18(9-10-23-4)16(20)13-7-6-8-14(11-13)25(21,22)17(2)3/h6-8,11H,5,9-10,12H2,1-4H3. The van der Waals surface area contributed by atoms with E-state index in [2.05, 4.69) is 0 Å². The van der Waals surface area contributed by atoms with Gasteiger partial charge in [-0.3, -0.25) is 9.59 Å². The van der Waals surface area contributed by atoms with E-state index in [0.717, 1.165) is 4.31 Å². The maximum absolute atomic E-state index is 12.7. The van der Waals surface area contributed by atoms with Crippen LogP contribution in [0.1, 0.15) is 17.3 Å². The molecule has 1 amide bonds. The first-order valence-electron chi connectivity index (χ1n) is 7.70. The molecule has 25 heavy (non-hydrogen) atoms. The topological polar surface area (TPSA) is 93.2 Å². The van der Waals surface area contributed by atoms with Gasteiger partial charge in [0, 0.05) is 33.3 Å². The van der Waals surface area contributed by atoms with Crippen molar-refractivity contribution in [2.24, 2.45) is 0 Å². The Bertz CT molecular complexity index is 702. The van der Waals surface area contributed by atoms with E-state index in [1.54, 1.807) is 6.92 Å². The number of ether oxygens (including phenoxy) is 2.